The van der Waals surface area contributed by atoms with Crippen molar-refractivity contribution in [2.75, 3.05) is 6.54 Å². The number of hydrogen-bond donors (Lipinski definition) is 1. The molecule has 2 fully saturated rings. The summed E-state index contributed by atoms with van der Waals surface area (Å²) in [5.74, 6) is 0.706. The van der Waals surface area contributed by atoms with Crippen LogP contribution in [-0.4, -0.2) is 12.1 Å². The summed E-state index contributed by atoms with van der Waals surface area (Å²) in [5.41, 5.74) is 0.584. The minimum atomic E-state index is -4.24. The van der Waals surface area contributed by atoms with Crippen LogP contribution >= 0.6 is 0 Å². The summed E-state index contributed by atoms with van der Waals surface area (Å²) in [7, 11) is 0. The molecule has 1 aromatic rings. The van der Waals surface area contributed by atoms with Crippen molar-refractivity contribution in [2.24, 2.45) is 5.92 Å². The van der Waals surface area contributed by atoms with Crippen LogP contribution in [0.2, 0.25) is 0 Å². The van der Waals surface area contributed by atoms with E-state index in [1.807, 2.05) is 0 Å². The zero-order valence-corrected chi connectivity index (χ0v) is 12.2. The van der Waals surface area contributed by atoms with E-state index in [9.17, 15) is 13.2 Å². The molecule has 21 heavy (non-hydrogen) atoms. The summed E-state index contributed by atoms with van der Waals surface area (Å²) in [6.07, 6.45) is 3.98. The van der Waals surface area contributed by atoms with Gasteiger partial charge in [0.05, 0.1) is 5.56 Å². The van der Waals surface area contributed by atoms with Crippen LogP contribution in [0.4, 0.5) is 13.2 Å². The monoisotopic (exact) mass is 297 g/mol. The molecule has 1 N–H and O–H groups in total. The Hall–Kier alpha value is -1.03. The van der Waals surface area contributed by atoms with Gasteiger partial charge in [0.1, 0.15) is 0 Å². The molecule has 1 nitrogen and oxygen atoms in total. The molecule has 3 rings (SSSR count). The number of rotatable bonds is 3. The lowest BCUT2D eigenvalue weighted by atomic mass is 9.82. The summed E-state index contributed by atoms with van der Waals surface area (Å²) >= 11 is 0. The molecule has 1 saturated heterocycles. The van der Waals surface area contributed by atoms with Gasteiger partial charge in [0.25, 0.3) is 0 Å². The number of hydrogen-bond acceptors (Lipinski definition) is 1. The average molecular weight is 297 g/mol. The first-order chi connectivity index (χ1) is 10.00. The Kier molecular flexibility index (Phi) is 4.00. The molecule has 1 unspecified atom stereocenters. The fraction of sp³-hybridized carbons (Fsp3) is 0.647. The summed E-state index contributed by atoms with van der Waals surface area (Å²) in [6.45, 7) is 1.04. The normalized spacial score (nSPS) is 27.4. The molecule has 2 aliphatic rings. The van der Waals surface area contributed by atoms with Crippen molar-refractivity contribution in [3.8, 4) is 0 Å². The van der Waals surface area contributed by atoms with Crippen molar-refractivity contribution in [1.82, 2.24) is 5.32 Å². The standard InChI is InChI=1S/C17H22F3N/c18-17(19,20)15-6-4-13(5-7-15)12-16(14-8-9-14)10-2-1-3-11-21-16/h4-7,14,21H,1-3,8-12H2. The van der Waals surface area contributed by atoms with Crippen molar-refractivity contribution in [1.29, 1.82) is 0 Å². The molecular weight excluding hydrogens is 275 g/mol. The van der Waals surface area contributed by atoms with E-state index in [0.717, 1.165) is 24.9 Å². The van der Waals surface area contributed by atoms with Gasteiger partial charge in [-0.2, -0.15) is 13.2 Å². The second kappa shape index (κ2) is 5.64. The maximum atomic E-state index is 12.6. The van der Waals surface area contributed by atoms with Crippen molar-refractivity contribution in [2.45, 2.75) is 56.7 Å². The zero-order valence-electron chi connectivity index (χ0n) is 12.2. The number of benzene rings is 1. The topological polar surface area (TPSA) is 12.0 Å². The van der Waals surface area contributed by atoms with Gasteiger partial charge in [0.2, 0.25) is 0 Å². The smallest absolute Gasteiger partial charge is 0.311 e. The maximum Gasteiger partial charge on any atom is 0.416 e. The lowest BCUT2D eigenvalue weighted by molar-refractivity contribution is -0.137. The van der Waals surface area contributed by atoms with Crippen LogP contribution in [-0.2, 0) is 12.6 Å². The van der Waals surface area contributed by atoms with Crippen LogP contribution in [0.1, 0.15) is 49.7 Å². The van der Waals surface area contributed by atoms with E-state index in [0.29, 0.717) is 5.92 Å². The van der Waals surface area contributed by atoms with E-state index in [-0.39, 0.29) is 5.54 Å². The summed E-state index contributed by atoms with van der Waals surface area (Å²) in [5, 5.41) is 3.73. The van der Waals surface area contributed by atoms with E-state index in [1.54, 1.807) is 12.1 Å². The van der Waals surface area contributed by atoms with Gasteiger partial charge in [0.15, 0.2) is 0 Å². The number of nitrogens with one attached hydrogen (secondary N) is 1. The van der Waals surface area contributed by atoms with Crippen LogP contribution in [0, 0.1) is 5.92 Å². The van der Waals surface area contributed by atoms with Gasteiger partial charge < -0.3 is 5.32 Å². The number of halogens is 3. The molecule has 1 heterocycles. The maximum absolute atomic E-state index is 12.6. The van der Waals surface area contributed by atoms with Crippen molar-refractivity contribution in [3.05, 3.63) is 35.4 Å². The molecule has 116 valence electrons. The molecule has 0 spiro atoms. The first-order valence-electron chi connectivity index (χ1n) is 7.91. The number of alkyl halides is 3. The van der Waals surface area contributed by atoms with E-state index in [4.69, 9.17) is 0 Å². The second-order valence-electron chi connectivity index (χ2n) is 6.54. The Morgan fingerprint density at radius 1 is 1.05 bits per heavy atom. The average Bonchev–Trinajstić information content (AvgIpc) is 3.26. The minimum absolute atomic E-state index is 0.121. The second-order valence-corrected chi connectivity index (χ2v) is 6.54. The Morgan fingerprint density at radius 3 is 2.38 bits per heavy atom. The SMILES string of the molecule is FC(F)(F)c1ccc(CC2(C3CC3)CCCCCN2)cc1. The van der Waals surface area contributed by atoms with Crippen molar-refractivity contribution >= 4 is 0 Å². The highest BCUT2D eigenvalue weighted by molar-refractivity contribution is 5.27. The van der Waals surface area contributed by atoms with E-state index in [2.05, 4.69) is 5.32 Å². The van der Waals surface area contributed by atoms with Crippen LogP contribution in [0.5, 0.6) is 0 Å². The largest absolute Gasteiger partial charge is 0.416 e. The molecule has 0 radical (unpaired) electrons. The van der Waals surface area contributed by atoms with Crippen molar-refractivity contribution < 1.29 is 13.2 Å². The Bertz CT molecular complexity index is 466. The lowest BCUT2D eigenvalue weighted by Crippen LogP contribution is -2.48. The minimum Gasteiger partial charge on any atom is -0.311 e. The fourth-order valence-corrected chi connectivity index (χ4v) is 3.62. The Balaban J connectivity index is 1.76. The fourth-order valence-electron chi connectivity index (χ4n) is 3.62. The lowest BCUT2D eigenvalue weighted by Gasteiger charge is -2.34. The third-order valence-electron chi connectivity index (χ3n) is 4.94. The summed E-state index contributed by atoms with van der Waals surface area (Å²) in [4.78, 5) is 0. The highest BCUT2D eigenvalue weighted by Gasteiger charge is 2.44. The predicted molar refractivity (Wildman–Crippen MR) is 77.1 cm³/mol. The van der Waals surface area contributed by atoms with E-state index >= 15 is 0 Å². The first-order valence-corrected chi connectivity index (χ1v) is 7.91. The van der Waals surface area contributed by atoms with Crippen LogP contribution in [0.15, 0.2) is 24.3 Å². The van der Waals surface area contributed by atoms with Gasteiger partial charge >= 0.3 is 6.18 Å². The molecule has 1 saturated carbocycles. The molecule has 4 heteroatoms. The highest BCUT2D eigenvalue weighted by atomic mass is 19.4. The molecule has 1 atom stereocenters. The highest BCUT2D eigenvalue weighted by Crippen LogP contribution is 2.45. The molecule has 1 aliphatic heterocycles. The first kappa shape index (κ1) is 14.9. The van der Waals surface area contributed by atoms with Gasteiger partial charge in [-0.3, -0.25) is 0 Å². The molecule has 0 bridgehead atoms. The van der Waals surface area contributed by atoms with E-state index in [1.165, 1.54) is 44.2 Å². The van der Waals surface area contributed by atoms with Gasteiger partial charge in [-0.25, -0.2) is 0 Å². The molecule has 0 amide bonds. The van der Waals surface area contributed by atoms with E-state index < -0.39 is 11.7 Å². The van der Waals surface area contributed by atoms with Gasteiger partial charge in [-0.15, -0.1) is 0 Å². The summed E-state index contributed by atoms with van der Waals surface area (Å²) in [6, 6.07) is 5.73. The van der Waals surface area contributed by atoms with Crippen molar-refractivity contribution in [3.63, 3.8) is 0 Å². The molecule has 1 aromatic carbocycles. The molecule has 0 aromatic heterocycles. The quantitative estimate of drug-likeness (QED) is 0.862. The summed E-state index contributed by atoms with van der Waals surface area (Å²) < 4.78 is 37.9. The molecular formula is C17H22F3N. The Morgan fingerprint density at radius 2 is 1.76 bits per heavy atom. The van der Waals surface area contributed by atoms with Crippen LogP contribution in [0.3, 0.4) is 0 Å². The third-order valence-corrected chi connectivity index (χ3v) is 4.94. The zero-order chi connectivity index (χ0) is 14.9. The Labute approximate surface area is 123 Å². The van der Waals surface area contributed by atoms with Gasteiger partial charge in [-0.1, -0.05) is 25.0 Å². The van der Waals surface area contributed by atoms with Gasteiger partial charge in [0, 0.05) is 5.54 Å². The molecule has 1 aliphatic carbocycles. The van der Waals surface area contributed by atoms with Gasteiger partial charge in [-0.05, 0) is 62.3 Å². The van der Waals surface area contributed by atoms with Crippen LogP contribution < -0.4 is 5.32 Å². The third kappa shape index (κ3) is 3.42. The van der Waals surface area contributed by atoms with Crippen LogP contribution in [0.25, 0.3) is 0 Å². The predicted octanol–water partition coefficient (Wildman–Crippen LogP) is 4.56.